The summed E-state index contributed by atoms with van der Waals surface area (Å²) < 4.78 is 2.10. The fraction of sp³-hybridized carbons (Fsp3) is 0.0606. The van der Waals surface area contributed by atoms with Crippen molar-refractivity contribution in [3.05, 3.63) is 138 Å². The van der Waals surface area contributed by atoms with Crippen LogP contribution < -0.4 is 5.32 Å². The van der Waals surface area contributed by atoms with Crippen LogP contribution in [0.3, 0.4) is 0 Å². The molecule has 1 N–H and O–H groups in total. The van der Waals surface area contributed by atoms with Crippen LogP contribution in [0.2, 0.25) is 0 Å². The van der Waals surface area contributed by atoms with Gasteiger partial charge in [0.15, 0.2) is 5.82 Å². The van der Waals surface area contributed by atoms with Crippen molar-refractivity contribution >= 4 is 11.0 Å². The second-order valence-corrected chi connectivity index (χ2v) is 9.13. The Hall–Kier alpha value is -5.05. The Morgan fingerprint density at radius 1 is 0.711 bits per heavy atom. The van der Waals surface area contributed by atoms with Gasteiger partial charge in [0.1, 0.15) is 5.69 Å². The van der Waals surface area contributed by atoms with Gasteiger partial charge < -0.3 is 5.32 Å². The van der Waals surface area contributed by atoms with Crippen LogP contribution in [0.5, 0.6) is 0 Å². The summed E-state index contributed by atoms with van der Waals surface area (Å²) in [6.07, 6.45) is 1.65. The Balaban J connectivity index is 1.19. The summed E-state index contributed by atoms with van der Waals surface area (Å²) in [7, 11) is 0. The van der Waals surface area contributed by atoms with E-state index in [0.717, 1.165) is 29.8 Å². The molecular formula is C33H25N5. The van der Waals surface area contributed by atoms with Crippen LogP contribution in [0, 0.1) is 11.3 Å². The first-order valence-electron chi connectivity index (χ1n) is 12.6. The van der Waals surface area contributed by atoms with E-state index >= 15 is 0 Å². The highest BCUT2D eigenvalue weighted by Gasteiger charge is 2.15. The summed E-state index contributed by atoms with van der Waals surface area (Å²) in [5.41, 5.74) is 9.02. The summed E-state index contributed by atoms with van der Waals surface area (Å²) in [5.74, 6) is 0.716. The van der Waals surface area contributed by atoms with E-state index in [1.165, 1.54) is 22.3 Å². The van der Waals surface area contributed by atoms with Crippen molar-refractivity contribution in [1.82, 2.24) is 19.9 Å². The van der Waals surface area contributed by atoms with E-state index in [-0.39, 0.29) is 0 Å². The second kappa shape index (κ2) is 10.5. The molecule has 5 nitrogen and oxygen atoms in total. The van der Waals surface area contributed by atoms with Gasteiger partial charge in [0.25, 0.3) is 0 Å². The number of aromatic nitrogens is 3. The van der Waals surface area contributed by atoms with Crippen molar-refractivity contribution < 1.29 is 0 Å². The minimum Gasteiger partial charge on any atom is -0.309 e. The number of para-hydroxylation sites is 2. The van der Waals surface area contributed by atoms with Gasteiger partial charge in [0, 0.05) is 25.0 Å². The molecule has 0 spiro atoms. The third kappa shape index (κ3) is 4.81. The van der Waals surface area contributed by atoms with Crippen LogP contribution in [0.15, 0.2) is 121 Å². The maximum absolute atomic E-state index is 9.36. The summed E-state index contributed by atoms with van der Waals surface area (Å²) in [4.78, 5) is 9.35. The van der Waals surface area contributed by atoms with Crippen LogP contribution in [0.4, 0.5) is 0 Å². The minimum absolute atomic E-state index is 0.560. The van der Waals surface area contributed by atoms with Gasteiger partial charge in [-0.3, -0.25) is 9.55 Å². The highest BCUT2D eigenvalue weighted by atomic mass is 15.1. The largest absolute Gasteiger partial charge is 0.309 e. The Morgan fingerprint density at radius 3 is 2.11 bits per heavy atom. The number of rotatable bonds is 7. The van der Waals surface area contributed by atoms with Gasteiger partial charge in [-0.15, -0.1) is 0 Å². The van der Waals surface area contributed by atoms with Crippen molar-refractivity contribution in [2.75, 3.05) is 0 Å². The van der Waals surface area contributed by atoms with Crippen molar-refractivity contribution in [1.29, 1.82) is 5.26 Å². The molecule has 0 saturated heterocycles. The molecule has 0 aliphatic rings. The van der Waals surface area contributed by atoms with Crippen LogP contribution in [-0.2, 0) is 13.1 Å². The molecule has 0 bridgehead atoms. The van der Waals surface area contributed by atoms with E-state index < -0.39 is 0 Å². The van der Waals surface area contributed by atoms with Crippen LogP contribution in [-0.4, -0.2) is 14.5 Å². The molecule has 6 rings (SSSR count). The van der Waals surface area contributed by atoms with Gasteiger partial charge in [-0.2, -0.15) is 5.26 Å². The zero-order valence-electron chi connectivity index (χ0n) is 20.8. The Bertz CT molecular complexity index is 1730. The van der Waals surface area contributed by atoms with Crippen molar-refractivity contribution in [3.8, 4) is 34.4 Å². The average Bonchev–Trinajstić information content (AvgIpc) is 3.38. The van der Waals surface area contributed by atoms with E-state index in [4.69, 9.17) is 4.98 Å². The lowest BCUT2D eigenvalue weighted by molar-refractivity contribution is 0.693. The van der Waals surface area contributed by atoms with Crippen molar-refractivity contribution in [3.63, 3.8) is 0 Å². The lowest BCUT2D eigenvalue weighted by Crippen LogP contribution is -2.12. The lowest BCUT2D eigenvalue weighted by Gasteiger charge is -2.11. The van der Waals surface area contributed by atoms with Gasteiger partial charge >= 0.3 is 0 Å². The quantitative estimate of drug-likeness (QED) is 0.263. The van der Waals surface area contributed by atoms with Gasteiger partial charge in [-0.1, -0.05) is 78.9 Å². The molecule has 0 aliphatic carbocycles. The summed E-state index contributed by atoms with van der Waals surface area (Å²) in [5, 5.41) is 12.9. The third-order valence-corrected chi connectivity index (χ3v) is 6.59. The van der Waals surface area contributed by atoms with Gasteiger partial charge in [-0.05, 0) is 58.7 Å². The highest BCUT2D eigenvalue weighted by molar-refractivity contribution is 5.82. The molecule has 0 atom stereocenters. The zero-order valence-corrected chi connectivity index (χ0v) is 20.8. The maximum Gasteiger partial charge on any atom is 0.164 e. The van der Waals surface area contributed by atoms with Crippen LogP contribution in [0.1, 0.15) is 16.7 Å². The average molecular weight is 492 g/mol. The van der Waals surface area contributed by atoms with Gasteiger partial charge in [0.2, 0.25) is 0 Å². The molecule has 4 aromatic carbocycles. The first-order valence-corrected chi connectivity index (χ1v) is 12.6. The smallest absolute Gasteiger partial charge is 0.164 e. The van der Waals surface area contributed by atoms with Gasteiger partial charge in [-0.25, -0.2) is 4.98 Å². The fourth-order valence-corrected chi connectivity index (χ4v) is 4.64. The van der Waals surface area contributed by atoms with Crippen molar-refractivity contribution in [2.24, 2.45) is 0 Å². The second-order valence-electron chi connectivity index (χ2n) is 9.13. The number of pyridine rings is 1. The van der Waals surface area contributed by atoms with E-state index in [0.29, 0.717) is 17.1 Å². The van der Waals surface area contributed by atoms with Crippen molar-refractivity contribution in [2.45, 2.75) is 13.1 Å². The number of hydrogen-bond acceptors (Lipinski definition) is 4. The molecule has 0 aliphatic heterocycles. The lowest BCUT2D eigenvalue weighted by atomic mass is 10.0. The molecule has 2 aromatic heterocycles. The summed E-state index contributed by atoms with van der Waals surface area (Å²) in [6, 6.07) is 41.3. The van der Waals surface area contributed by atoms with E-state index in [2.05, 4.69) is 99.8 Å². The van der Waals surface area contributed by atoms with E-state index in [9.17, 15) is 5.26 Å². The third-order valence-electron chi connectivity index (χ3n) is 6.59. The Labute approximate surface area is 221 Å². The topological polar surface area (TPSA) is 66.5 Å². The van der Waals surface area contributed by atoms with Crippen LogP contribution in [0.25, 0.3) is 39.4 Å². The predicted molar refractivity (Wildman–Crippen MR) is 151 cm³/mol. The molecule has 182 valence electrons. The number of hydrogen-bond donors (Lipinski definition) is 1. The molecule has 2 heterocycles. The number of nitriles is 1. The Kier molecular flexibility index (Phi) is 6.46. The van der Waals surface area contributed by atoms with E-state index in [1.54, 1.807) is 18.3 Å². The van der Waals surface area contributed by atoms with Gasteiger partial charge in [0.05, 0.1) is 22.7 Å². The standard InChI is InChI=1S/C33H25N5/c34-21-26-18-19-36-31(20-26)33-37-30-8-4-5-9-32(30)38(33)29-16-12-25(13-17-29)23-35-22-24-10-14-28(15-11-24)27-6-2-1-3-7-27/h1-20,35H,22-23H2. The number of nitrogens with one attached hydrogen (secondary N) is 1. The number of nitrogens with zero attached hydrogens (tertiary/aromatic N) is 4. The van der Waals surface area contributed by atoms with E-state index in [1.807, 2.05) is 24.3 Å². The SMILES string of the molecule is N#Cc1ccnc(-c2nc3ccccc3n2-c2ccc(CNCc3ccc(-c4ccccc4)cc3)cc2)c1. The normalized spacial score (nSPS) is 10.9. The molecule has 0 saturated carbocycles. The number of fused-ring (bicyclic) bond motifs is 1. The molecule has 0 amide bonds. The molecule has 5 heteroatoms. The monoisotopic (exact) mass is 491 g/mol. The molecular weight excluding hydrogens is 466 g/mol. The minimum atomic E-state index is 0.560. The van der Waals surface area contributed by atoms with Crippen LogP contribution >= 0.6 is 0 Å². The highest BCUT2D eigenvalue weighted by Crippen LogP contribution is 2.28. The maximum atomic E-state index is 9.36. The molecule has 0 unspecified atom stereocenters. The fourth-order valence-electron chi connectivity index (χ4n) is 4.64. The molecule has 6 aromatic rings. The summed E-state index contributed by atoms with van der Waals surface area (Å²) in [6.45, 7) is 1.57. The molecule has 38 heavy (non-hydrogen) atoms. The first-order chi connectivity index (χ1) is 18.8. The number of imidazole rings is 1. The first kappa shape index (κ1) is 23.4. The summed E-state index contributed by atoms with van der Waals surface area (Å²) >= 11 is 0. The number of benzene rings is 4. The predicted octanol–water partition coefficient (Wildman–Crippen LogP) is 6.92. The molecule has 0 fully saturated rings. The Morgan fingerprint density at radius 2 is 1.37 bits per heavy atom. The zero-order chi connectivity index (χ0) is 25.7. The molecule has 0 radical (unpaired) electrons.